The van der Waals surface area contributed by atoms with Gasteiger partial charge in [0.25, 0.3) is 0 Å². The number of benzene rings is 1. The Morgan fingerprint density at radius 1 is 1.08 bits per heavy atom. The predicted octanol–water partition coefficient (Wildman–Crippen LogP) is 3.11. The van der Waals surface area contributed by atoms with Gasteiger partial charge in [-0.1, -0.05) is 30.5 Å². The lowest BCUT2D eigenvalue weighted by Gasteiger charge is -2.33. The molecule has 6 nitrogen and oxygen atoms in total. The van der Waals surface area contributed by atoms with Gasteiger partial charge in [0.15, 0.2) is 0 Å². The number of hydrogen-bond donors (Lipinski definition) is 2. The standard InChI is InChI=1S/C18H28N2O4S/c1-13-9-11-14(12-10-13)25(22,23)20-16-8-6-5-7-15(16)19-17(21)24-18(2,3)4/h9-12,15-16,20H,5-8H2,1-4H3,(H,19,21)/t15-,16-/m1/s1. The van der Waals surface area contributed by atoms with E-state index in [0.717, 1.165) is 24.8 Å². The van der Waals surface area contributed by atoms with Crippen LogP contribution in [0.1, 0.15) is 52.0 Å². The highest BCUT2D eigenvalue weighted by molar-refractivity contribution is 7.89. The Morgan fingerprint density at radius 3 is 2.20 bits per heavy atom. The van der Waals surface area contributed by atoms with Gasteiger partial charge in [-0.05, 0) is 52.7 Å². The van der Waals surface area contributed by atoms with Gasteiger partial charge >= 0.3 is 6.09 Å². The number of carbonyl (C=O) groups excluding carboxylic acids is 1. The zero-order valence-corrected chi connectivity index (χ0v) is 16.2. The molecule has 0 aliphatic heterocycles. The Hall–Kier alpha value is -1.60. The third-order valence-corrected chi connectivity index (χ3v) is 5.61. The zero-order valence-electron chi connectivity index (χ0n) is 15.3. The second-order valence-corrected chi connectivity index (χ2v) is 9.29. The van der Waals surface area contributed by atoms with Crippen LogP contribution in [-0.4, -0.2) is 32.2 Å². The molecule has 1 aromatic rings. The molecule has 25 heavy (non-hydrogen) atoms. The topological polar surface area (TPSA) is 84.5 Å². The van der Waals surface area contributed by atoms with Crippen LogP contribution in [0.4, 0.5) is 4.79 Å². The third-order valence-electron chi connectivity index (χ3n) is 4.11. The molecule has 1 fully saturated rings. The molecule has 0 aromatic heterocycles. The Labute approximate surface area is 150 Å². The summed E-state index contributed by atoms with van der Waals surface area (Å²) in [6.07, 6.45) is 2.77. The molecule has 0 spiro atoms. The molecule has 2 N–H and O–H groups in total. The molecule has 0 heterocycles. The molecule has 1 aliphatic carbocycles. The van der Waals surface area contributed by atoms with E-state index in [-0.39, 0.29) is 17.0 Å². The summed E-state index contributed by atoms with van der Waals surface area (Å²) in [6.45, 7) is 7.30. The lowest BCUT2D eigenvalue weighted by atomic mass is 9.91. The van der Waals surface area contributed by atoms with Gasteiger partial charge in [-0.15, -0.1) is 0 Å². The predicted molar refractivity (Wildman–Crippen MR) is 96.9 cm³/mol. The summed E-state index contributed by atoms with van der Waals surface area (Å²) in [5.74, 6) is 0. The Balaban J connectivity index is 2.07. The Bertz CT molecular complexity index is 693. The summed E-state index contributed by atoms with van der Waals surface area (Å²) in [4.78, 5) is 12.3. The van der Waals surface area contributed by atoms with Crippen LogP contribution in [0.3, 0.4) is 0 Å². The van der Waals surface area contributed by atoms with Crippen LogP contribution in [0, 0.1) is 6.92 Å². The van der Waals surface area contributed by atoms with E-state index in [1.165, 1.54) is 0 Å². The molecule has 0 unspecified atom stereocenters. The SMILES string of the molecule is Cc1ccc(S(=O)(=O)N[C@@H]2CCCC[C@H]2NC(=O)OC(C)(C)C)cc1. The van der Waals surface area contributed by atoms with E-state index in [4.69, 9.17) is 4.74 Å². The van der Waals surface area contributed by atoms with E-state index in [0.29, 0.717) is 6.42 Å². The molecular weight excluding hydrogens is 340 g/mol. The average molecular weight is 368 g/mol. The van der Waals surface area contributed by atoms with Crippen molar-refractivity contribution in [2.45, 2.75) is 76.0 Å². The third kappa shape index (κ3) is 6.01. The van der Waals surface area contributed by atoms with Crippen LogP contribution in [0.5, 0.6) is 0 Å². The fourth-order valence-corrected chi connectivity index (χ4v) is 4.20. The molecule has 0 bridgehead atoms. The van der Waals surface area contributed by atoms with E-state index in [9.17, 15) is 13.2 Å². The first-order chi connectivity index (χ1) is 11.6. The number of ether oxygens (including phenoxy) is 1. The summed E-state index contributed by atoms with van der Waals surface area (Å²) in [5, 5.41) is 2.82. The number of alkyl carbamates (subject to hydrolysis) is 1. The van der Waals surface area contributed by atoms with E-state index in [1.807, 2.05) is 6.92 Å². The minimum atomic E-state index is -3.62. The lowest BCUT2D eigenvalue weighted by Crippen LogP contribution is -2.53. The van der Waals surface area contributed by atoms with Crippen molar-refractivity contribution < 1.29 is 17.9 Å². The zero-order chi connectivity index (χ0) is 18.7. The van der Waals surface area contributed by atoms with Crippen LogP contribution in [0.15, 0.2) is 29.2 Å². The van der Waals surface area contributed by atoms with Gasteiger partial charge in [0.05, 0.1) is 4.90 Å². The molecule has 1 aromatic carbocycles. The smallest absolute Gasteiger partial charge is 0.407 e. The first-order valence-electron chi connectivity index (χ1n) is 8.65. The van der Waals surface area contributed by atoms with Gasteiger partial charge < -0.3 is 10.1 Å². The van der Waals surface area contributed by atoms with Crippen molar-refractivity contribution in [2.75, 3.05) is 0 Å². The molecule has 0 radical (unpaired) electrons. The fraction of sp³-hybridized carbons (Fsp3) is 0.611. The van der Waals surface area contributed by atoms with Crippen molar-refractivity contribution in [3.63, 3.8) is 0 Å². The summed E-state index contributed by atoms with van der Waals surface area (Å²) < 4.78 is 33.3. The van der Waals surface area contributed by atoms with E-state index in [1.54, 1.807) is 45.0 Å². The fourth-order valence-electron chi connectivity index (χ4n) is 2.89. The van der Waals surface area contributed by atoms with Crippen LogP contribution < -0.4 is 10.0 Å². The highest BCUT2D eigenvalue weighted by Crippen LogP contribution is 2.21. The minimum absolute atomic E-state index is 0.236. The van der Waals surface area contributed by atoms with Gasteiger partial charge in [0.1, 0.15) is 5.60 Å². The maximum Gasteiger partial charge on any atom is 0.407 e. The first-order valence-corrected chi connectivity index (χ1v) is 10.1. The monoisotopic (exact) mass is 368 g/mol. The summed E-state index contributed by atoms with van der Waals surface area (Å²) >= 11 is 0. The number of sulfonamides is 1. The van der Waals surface area contributed by atoms with Crippen molar-refractivity contribution >= 4 is 16.1 Å². The van der Waals surface area contributed by atoms with Gasteiger partial charge in [-0.3, -0.25) is 0 Å². The number of hydrogen-bond acceptors (Lipinski definition) is 4. The molecule has 2 atom stereocenters. The molecule has 0 saturated heterocycles. The van der Waals surface area contributed by atoms with Crippen molar-refractivity contribution in [2.24, 2.45) is 0 Å². The molecule has 2 rings (SSSR count). The molecule has 1 saturated carbocycles. The van der Waals surface area contributed by atoms with E-state index < -0.39 is 21.7 Å². The summed E-state index contributed by atoms with van der Waals surface area (Å²) in [5.41, 5.74) is 0.413. The van der Waals surface area contributed by atoms with Crippen LogP contribution >= 0.6 is 0 Å². The maximum atomic E-state index is 12.6. The van der Waals surface area contributed by atoms with Crippen molar-refractivity contribution in [1.82, 2.24) is 10.0 Å². The largest absolute Gasteiger partial charge is 0.444 e. The molecular formula is C18H28N2O4S. The van der Waals surface area contributed by atoms with Crippen LogP contribution in [0.25, 0.3) is 0 Å². The average Bonchev–Trinajstić information content (AvgIpc) is 2.47. The van der Waals surface area contributed by atoms with Crippen LogP contribution in [-0.2, 0) is 14.8 Å². The quantitative estimate of drug-likeness (QED) is 0.855. The molecule has 1 amide bonds. The number of amides is 1. The van der Waals surface area contributed by atoms with Gasteiger partial charge in [0.2, 0.25) is 10.0 Å². The molecule has 7 heteroatoms. The molecule has 140 valence electrons. The van der Waals surface area contributed by atoms with Crippen molar-refractivity contribution in [1.29, 1.82) is 0 Å². The maximum absolute atomic E-state index is 12.6. The first kappa shape index (κ1) is 19.7. The number of nitrogens with one attached hydrogen (secondary N) is 2. The Kier molecular flexibility index (Phi) is 6.11. The van der Waals surface area contributed by atoms with E-state index >= 15 is 0 Å². The normalized spacial score (nSPS) is 21.6. The minimum Gasteiger partial charge on any atom is -0.444 e. The number of rotatable bonds is 4. The van der Waals surface area contributed by atoms with Crippen LogP contribution in [0.2, 0.25) is 0 Å². The second kappa shape index (κ2) is 7.74. The second-order valence-electron chi connectivity index (χ2n) is 7.58. The highest BCUT2D eigenvalue weighted by Gasteiger charge is 2.31. The van der Waals surface area contributed by atoms with Gasteiger partial charge in [-0.2, -0.15) is 0 Å². The van der Waals surface area contributed by atoms with Crippen molar-refractivity contribution in [3.8, 4) is 0 Å². The highest BCUT2D eigenvalue weighted by atomic mass is 32.2. The van der Waals surface area contributed by atoms with Gasteiger partial charge in [-0.25, -0.2) is 17.9 Å². The number of carbonyl (C=O) groups is 1. The lowest BCUT2D eigenvalue weighted by molar-refractivity contribution is 0.0483. The van der Waals surface area contributed by atoms with Crippen molar-refractivity contribution in [3.05, 3.63) is 29.8 Å². The number of aryl methyl sites for hydroxylation is 1. The summed E-state index contributed by atoms with van der Waals surface area (Å²) in [6, 6.07) is 6.11. The summed E-state index contributed by atoms with van der Waals surface area (Å²) in [7, 11) is -3.62. The molecule has 1 aliphatic rings. The van der Waals surface area contributed by atoms with Gasteiger partial charge in [0, 0.05) is 12.1 Å². The Morgan fingerprint density at radius 2 is 1.64 bits per heavy atom. The van der Waals surface area contributed by atoms with E-state index in [2.05, 4.69) is 10.0 Å².